The summed E-state index contributed by atoms with van der Waals surface area (Å²) in [5.41, 5.74) is 0. The Labute approximate surface area is 117 Å². The molecule has 1 aliphatic heterocycles. The number of hydrogen-bond acceptors (Lipinski definition) is 4. The third kappa shape index (κ3) is 8.15. The quantitative estimate of drug-likeness (QED) is 0.442. The van der Waals surface area contributed by atoms with Crippen molar-refractivity contribution in [1.82, 2.24) is 21.3 Å². The number of nitrogens with one attached hydrogen (secondary N) is 4. The molecule has 0 aromatic rings. The molecule has 17 heavy (non-hydrogen) atoms. The van der Waals surface area contributed by atoms with Crippen molar-refractivity contribution in [2.75, 3.05) is 26.2 Å². The van der Waals surface area contributed by atoms with Crippen LogP contribution < -0.4 is 21.3 Å². The highest BCUT2D eigenvalue weighted by Gasteiger charge is 2.11. The molecule has 0 aromatic heterocycles. The molecule has 5 heteroatoms. The van der Waals surface area contributed by atoms with Crippen LogP contribution >= 0.6 is 0 Å². The molecule has 1 aliphatic rings. The van der Waals surface area contributed by atoms with E-state index in [-0.39, 0.29) is 17.4 Å². The highest BCUT2D eigenvalue weighted by molar-refractivity contribution is 5.75. The Morgan fingerprint density at radius 2 is 0.706 bits per heavy atom. The Bertz CT molecular complexity index is 135. The second kappa shape index (κ2) is 9.32. The Morgan fingerprint density at radius 1 is 0.529 bits per heavy atom. The summed E-state index contributed by atoms with van der Waals surface area (Å²) in [6.07, 6.45) is 0. The topological polar surface area (TPSA) is 48.1 Å². The van der Waals surface area contributed by atoms with E-state index in [1.165, 1.54) is 0 Å². The van der Waals surface area contributed by atoms with Crippen LogP contribution in [0.4, 0.5) is 0 Å². The molecule has 1 saturated heterocycles. The summed E-state index contributed by atoms with van der Waals surface area (Å²) in [5.74, 6) is 0. The molecule has 0 saturated carbocycles. The predicted molar refractivity (Wildman–Crippen MR) is 75.6 cm³/mol. The first-order valence-corrected chi connectivity index (χ1v) is 6.51. The van der Waals surface area contributed by atoms with Crippen LogP contribution in [-0.4, -0.2) is 67.7 Å². The van der Waals surface area contributed by atoms with E-state index in [1.54, 1.807) is 0 Å². The van der Waals surface area contributed by atoms with Crippen molar-refractivity contribution in [2.45, 2.75) is 51.9 Å². The van der Waals surface area contributed by atoms with Gasteiger partial charge in [0.05, 0.1) is 0 Å². The van der Waals surface area contributed by atoms with Crippen molar-refractivity contribution in [2.24, 2.45) is 0 Å². The molecule has 4 atom stereocenters. The van der Waals surface area contributed by atoms with Crippen LogP contribution in [0, 0.1) is 0 Å². The molecule has 1 rings (SSSR count). The molecule has 0 amide bonds. The lowest BCUT2D eigenvalue weighted by molar-refractivity contribution is 0.376. The van der Waals surface area contributed by atoms with Crippen LogP contribution in [0.3, 0.4) is 0 Å². The zero-order valence-corrected chi connectivity index (χ0v) is 12.9. The smallest absolute Gasteiger partial charge is 0.0164 e. The van der Waals surface area contributed by atoms with Crippen LogP contribution in [0.2, 0.25) is 0 Å². The number of hydrogen-bond donors (Lipinski definition) is 4. The molecule has 0 aliphatic carbocycles. The Balaban J connectivity index is 0.00000256. The third-order valence-electron chi connectivity index (χ3n) is 3.09. The standard InChI is InChI=1S/C12H28N4.Al/c1-9-5-14-11(3)7-16-12(4)8-15-10(2)6-13-9;/h9-16H,5-8H2,1-4H3;. The lowest BCUT2D eigenvalue weighted by Crippen LogP contribution is -2.51. The summed E-state index contributed by atoms with van der Waals surface area (Å²) < 4.78 is 0. The van der Waals surface area contributed by atoms with Gasteiger partial charge in [0.15, 0.2) is 0 Å². The maximum absolute atomic E-state index is 3.54. The molecule has 1 heterocycles. The van der Waals surface area contributed by atoms with Gasteiger partial charge in [0.1, 0.15) is 0 Å². The molecule has 4 N–H and O–H groups in total. The fourth-order valence-corrected chi connectivity index (χ4v) is 1.80. The van der Waals surface area contributed by atoms with Gasteiger partial charge in [-0.2, -0.15) is 0 Å². The summed E-state index contributed by atoms with van der Waals surface area (Å²) in [5, 5.41) is 14.2. The minimum absolute atomic E-state index is 0. The van der Waals surface area contributed by atoms with Gasteiger partial charge in [-0.15, -0.1) is 0 Å². The zero-order valence-electron chi connectivity index (χ0n) is 11.7. The molecule has 0 spiro atoms. The van der Waals surface area contributed by atoms with E-state index in [4.69, 9.17) is 0 Å². The van der Waals surface area contributed by atoms with Crippen molar-refractivity contribution in [3.05, 3.63) is 0 Å². The van der Waals surface area contributed by atoms with Gasteiger partial charge in [-0.25, -0.2) is 0 Å². The van der Waals surface area contributed by atoms with Crippen LogP contribution in [0.5, 0.6) is 0 Å². The molecular weight excluding hydrogens is 227 g/mol. The van der Waals surface area contributed by atoms with Gasteiger partial charge in [0, 0.05) is 67.7 Å². The van der Waals surface area contributed by atoms with Crippen LogP contribution in [-0.2, 0) is 0 Å². The van der Waals surface area contributed by atoms with Gasteiger partial charge >= 0.3 is 0 Å². The van der Waals surface area contributed by atoms with E-state index in [0.717, 1.165) is 26.2 Å². The van der Waals surface area contributed by atoms with Crippen molar-refractivity contribution in [3.8, 4) is 0 Å². The SMILES string of the molecule is CC1CNC(C)CNC(C)CNC(C)CN1.[Al]. The summed E-state index contributed by atoms with van der Waals surface area (Å²) >= 11 is 0. The minimum Gasteiger partial charge on any atom is -0.311 e. The first-order valence-electron chi connectivity index (χ1n) is 6.51. The maximum Gasteiger partial charge on any atom is 0.0164 e. The average Bonchev–Trinajstić information content (AvgIpc) is 2.27. The lowest BCUT2D eigenvalue weighted by Gasteiger charge is -2.26. The van der Waals surface area contributed by atoms with Gasteiger partial charge in [-0.3, -0.25) is 0 Å². The van der Waals surface area contributed by atoms with Gasteiger partial charge in [-0.1, -0.05) is 0 Å². The second-order valence-electron chi connectivity index (χ2n) is 5.24. The predicted octanol–water partition coefficient (Wildman–Crippen LogP) is -0.468. The second-order valence-corrected chi connectivity index (χ2v) is 5.24. The summed E-state index contributed by atoms with van der Waals surface area (Å²) in [6, 6.07) is 2.12. The van der Waals surface area contributed by atoms with Gasteiger partial charge < -0.3 is 21.3 Å². The summed E-state index contributed by atoms with van der Waals surface area (Å²) in [6.45, 7) is 13.0. The van der Waals surface area contributed by atoms with E-state index in [2.05, 4.69) is 49.0 Å². The third-order valence-corrected chi connectivity index (χ3v) is 3.09. The van der Waals surface area contributed by atoms with Gasteiger partial charge in [0.25, 0.3) is 0 Å². The molecule has 99 valence electrons. The van der Waals surface area contributed by atoms with Crippen LogP contribution in [0.1, 0.15) is 27.7 Å². The Kier molecular flexibility index (Phi) is 9.53. The highest BCUT2D eigenvalue weighted by Crippen LogP contribution is 1.90. The highest BCUT2D eigenvalue weighted by atomic mass is 27.0. The Morgan fingerprint density at radius 3 is 0.882 bits per heavy atom. The van der Waals surface area contributed by atoms with E-state index >= 15 is 0 Å². The van der Waals surface area contributed by atoms with Crippen molar-refractivity contribution < 1.29 is 0 Å². The molecule has 3 radical (unpaired) electrons. The van der Waals surface area contributed by atoms with Crippen molar-refractivity contribution in [3.63, 3.8) is 0 Å². The van der Waals surface area contributed by atoms with E-state index in [0.29, 0.717) is 24.2 Å². The van der Waals surface area contributed by atoms with Crippen LogP contribution in [0.15, 0.2) is 0 Å². The van der Waals surface area contributed by atoms with Crippen LogP contribution in [0.25, 0.3) is 0 Å². The van der Waals surface area contributed by atoms with E-state index < -0.39 is 0 Å². The molecule has 0 aromatic carbocycles. The van der Waals surface area contributed by atoms with Gasteiger partial charge in [-0.05, 0) is 27.7 Å². The monoisotopic (exact) mass is 255 g/mol. The van der Waals surface area contributed by atoms with Crippen molar-refractivity contribution >= 4 is 17.4 Å². The van der Waals surface area contributed by atoms with Gasteiger partial charge in [0.2, 0.25) is 0 Å². The minimum atomic E-state index is 0. The molecule has 1 fully saturated rings. The zero-order chi connectivity index (χ0) is 12.0. The summed E-state index contributed by atoms with van der Waals surface area (Å²) in [4.78, 5) is 0. The maximum atomic E-state index is 3.54. The van der Waals surface area contributed by atoms with E-state index in [9.17, 15) is 0 Å². The first kappa shape index (κ1) is 17.4. The average molecular weight is 255 g/mol. The molecular formula is C12H28AlN4. The Hall–Kier alpha value is 0.372. The lowest BCUT2D eigenvalue weighted by atomic mass is 10.2. The van der Waals surface area contributed by atoms with E-state index in [1.807, 2.05) is 0 Å². The fraction of sp³-hybridized carbons (Fsp3) is 1.00. The summed E-state index contributed by atoms with van der Waals surface area (Å²) in [7, 11) is 0. The largest absolute Gasteiger partial charge is 0.311 e. The molecule has 4 nitrogen and oxygen atoms in total. The molecule has 4 unspecified atom stereocenters. The first-order chi connectivity index (χ1) is 7.58. The normalized spacial score (nSPS) is 37.4. The molecule has 0 bridgehead atoms. The number of rotatable bonds is 0. The van der Waals surface area contributed by atoms with Crippen molar-refractivity contribution in [1.29, 1.82) is 0 Å². The fourth-order valence-electron chi connectivity index (χ4n) is 1.80.